The molecule has 0 aromatic rings. The van der Waals surface area contributed by atoms with E-state index in [4.69, 9.17) is 0 Å². The second-order valence-corrected chi connectivity index (χ2v) is 5.81. The molecule has 0 nitrogen and oxygen atoms in total. The van der Waals surface area contributed by atoms with Gasteiger partial charge in [0, 0.05) is 0 Å². The quantitative estimate of drug-likeness (QED) is 0.597. The molecule has 3 fully saturated rings. The lowest BCUT2D eigenvalue weighted by atomic mass is 9.76. The van der Waals surface area contributed by atoms with Gasteiger partial charge in [0.15, 0.2) is 0 Å². The van der Waals surface area contributed by atoms with Crippen molar-refractivity contribution in [3.63, 3.8) is 0 Å². The van der Waals surface area contributed by atoms with Crippen molar-refractivity contribution in [2.75, 3.05) is 0 Å². The molecule has 0 N–H and O–H groups in total. The Bertz CT molecular complexity index is 172. The van der Waals surface area contributed by atoms with Crippen molar-refractivity contribution in [1.29, 1.82) is 0 Å². The SMILES string of the molecule is C1CC(CC(CC2CC2)C2CC2)C1. The summed E-state index contributed by atoms with van der Waals surface area (Å²) in [5, 5.41) is 0. The highest BCUT2D eigenvalue weighted by Gasteiger charge is 2.37. The van der Waals surface area contributed by atoms with E-state index in [-0.39, 0.29) is 0 Å². The second-order valence-electron chi connectivity index (χ2n) is 5.81. The van der Waals surface area contributed by atoms with E-state index in [1.54, 1.807) is 51.4 Å². The van der Waals surface area contributed by atoms with Crippen LogP contribution in [0.2, 0.25) is 0 Å². The van der Waals surface area contributed by atoms with Crippen LogP contribution in [-0.4, -0.2) is 0 Å². The summed E-state index contributed by atoms with van der Waals surface area (Å²) in [5.41, 5.74) is 0. The molecule has 13 heavy (non-hydrogen) atoms. The first-order valence-corrected chi connectivity index (χ1v) is 6.42. The lowest BCUT2D eigenvalue weighted by Gasteiger charge is -2.29. The first-order chi connectivity index (χ1) is 6.42. The zero-order valence-corrected chi connectivity index (χ0v) is 8.67. The molecule has 1 unspecified atom stereocenters. The summed E-state index contributed by atoms with van der Waals surface area (Å²) in [6.45, 7) is 0. The molecule has 0 amide bonds. The Morgan fingerprint density at radius 3 is 1.77 bits per heavy atom. The lowest BCUT2D eigenvalue weighted by Crippen LogP contribution is -2.17. The molecule has 0 saturated heterocycles. The highest BCUT2D eigenvalue weighted by Crippen LogP contribution is 2.49. The van der Waals surface area contributed by atoms with Crippen LogP contribution >= 0.6 is 0 Å². The fourth-order valence-electron chi connectivity index (χ4n) is 2.99. The first-order valence-electron chi connectivity index (χ1n) is 6.42. The summed E-state index contributed by atoms with van der Waals surface area (Å²) in [5.74, 6) is 4.68. The summed E-state index contributed by atoms with van der Waals surface area (Å²) in [4.78, 5) is 0. The zero-order chi connectivity index (χ0) is 8.67. The molecule has 0 bridgehead atoms. The minimum atomic E-state index is 1.16. The van der Waals surface area contributed by atoms with E-state index in [2.05, 4.69) is 0 Å². The minimum absolute atomic E-state index is 1.16. The Hall–Kier alpha value is 0. The van der Waals surface area contributed by atoms with E-state index in [9.17, 15) is 0 Å². The normalized spacial score (nSPS) is 31.4. The van der Waals surface area contributed by atoms with E-state index in [0.717, 1.165) is 11.8 Å². The van der Waals surface area contributed by atoms with Gasteiger partial charge in [-0.1, -0.05) is 32.1 Å². The molecule has 3 aliphatic carbocycles. The Balaban J connectivity index is 1.48. The van der Waals surface area contributed by atoms with E-state index in [1.165, 1.54) is 18.3 Å². The summed E-state index contributed by atoms with van der Waals surface area (Å²) in [7, 11) is 0. The first kappa shape index (κ1) is 8.32. The average Bonchev–Trinajstić information content (AvgIpc) is 2.82. The van der Waals surface area contributed by atoms with E-state index >= 15 is 0 Å². The Labute approximate surface area is 82.1 Å². The molecule has 0 heteroatoms. The van der Waals surface area contributed by atoms with Crippen LogP contribution in [0.25, 0.3) is 0 Å². The highest BCUT2D eigenvalue weighted by atomic mass is 14.4. The summed E-state index contributed by atoms with van der Waals surface area (Å²) in [6.07, 6.45) is 14.2. The molecule has 0 heterocycles. The molecule has 3 rings (SSSR count). The van der Waals surface area contributed by atoms with Crippen molar-refractivity contribution in [3.05, 3.63) is 0 Å². The topological polar surface area (TPSA) is 0 Å². The van der Waals surface area contributed by atoms with Crippen LogP contribution in [0.5, 0.6) is 0 Å². The van der Waals surface area contributed by atoms with Gasteiger partial charge in [-0.15, -0.1) is 0 Å². The molecule has 74 valence electrons. The lowest BCUT2D eigenvalue weighted by molar-refractivity contribution is 0.222. The van der Waals surface area contributed by atoms with E-state index < -0.39 is 0 Å². The third kappa shape index (κ3) is 2.08. The van der Waals surface area contributed by atoms with Gasteiger partial charge in [0.1, 0.15) is 0 Å². The molecule has 0 aliphatic heterocycles. The molecule has 0 aromatic heterocycles. The Kier molecular flexibility index (Phi) is 2.11. The van der Waals surface area contributed by atoms with Gasteiger partial charge >= 0.3 is 0 Å². The molecular formula is C13H22. The van der Waals surface area contributed by atoms with Crippen LogP contribution in [0.1, 0.15) is 57.8 Å². The minimum Gasteiger partial charge on any atom is -0.0528 e. The molecule has 1 atom stereocenters. The number of rotatable bonds is 5. The number of hydrogen-bond acceptors (Lipinski definition) is 0. The third-order valence-electron chi connectivity index (χ3n) is 4.48. The van der Waals surface area contributed by atoms with Gasteiger partial charge in [-0.25, -0.2) is 0 Å². The molecule has 0 radical (unpaired) electrons. The maximum atomic E-state index is 1.61. The predicted octanol–water partition coefficient (Wildman–Crippen LogP) is 4.00. The summed E-state index contributed by atoms with van der Waals surface area (Å²) >= 11 is 0. The standard InChI is InChI=1S/C13H22/c1-2-10(3-1)8-13(12-6-7-12)9-11-4-5-11/h10-13H,1-9H2. The van der Waals surface area contributed by atoms with Gasteiger partial charge in [-0.3, -0.25) is 0 Å². The summed E-state index contributed by atoms with van der Waals surface area (Å²) < 4.78 is 0. The van der Waals surface area contributed by atoms with Crippen molar-refractivity contribution >= 4 is 0 Å². The van der Waals surface area contributed by atoms with Gasteiger partial charge in [-0.05, 0) is 49.4 Å². The van der Waals surface area contributed by atoms with Crippen molar-refractivity contribution in [2.45, 2.75) is 57.8 Å². The molecule has 3 saturated carbocycles. The van der Waals surface area contributed by atoms with Crippen molar-refractivity contribution in [1.82, 2.24) is 0 Å². The van der Waals surface area contributed by atoms with Crippen LogP contribution in [0.15, 0.2) is 0 Å². The predicted molar refractivity (Wildman–Crippen MR) is 55.5 cm³/mol. The molecule has 3 aliphatic rings. The smallest absolute Gasteiger partial charge is 0.0381 e. The van der Waals surface area contributed by atoms with Gasteiger partial charge < -0.3 is 0 Å². The van der Waals surface area contributed by atoms with Crippen LogP contribution in [0.3, 0.4) is 0 Å². The Morgan fingerprint density at radius 1 is 0.769 bits per heavy atom. The van der Waals surface area contributed by atoms with Gasteiger partial charge in [0.05, 0.1) is 0 Å². The molecule has 0 aromatic carbocycles. The fraction of sp³-hybridized carbons (Fsp3) is 1.00. The fourth-order valence-corrected chi connectivity index (χ4v) is 2.99. The van der Waals surface area contributed by atoms with Crippen LogP contribution in [-0.2, 0) is 0 Å². The van der Waals surface area contributed by atoms with Crippen LogP contribution < -0.4 is 0 Å². The average molecular weight is 178 g/mol. The van der Waals surface area contributed by atoms with Crippen molar-refractivity contribution in [3.8, 4) is 0 Å². The maximum absolute atomic E-state index is 1.61. The van der Waals surface area contributed by atoms with Gasteiger partial charge in [0.25, 0.3) is 0 Å². The third-order valence-corrected chi connectivity index (χ3v) is 4.48. The number of hydrogen-bond donors (Lipinski definition) is 0. The van der Waals surface area contributed by atoms with E-state index in [1.807, 2.05) is 0 Å². The molecule has 0 spiro atoms. The van der Waals surface area contributed by atoms with Gasteiger partial charge in [-0.2, -0.15) is 0 Å². The van der Waals surface area contributed by atoms with E-state index in [0.29, 0.717) is 0 Å². The van der Waals surface area contributed by atoms with Gasteiger partial charge in [0.2, 0.25) is 0 Å². The van der Waals surface area contributed by atoms with Crippen molar-refractivity contribution in [2.24, 2.45) is 23.7 Å². The largest absolute Gasteiger partial charge is 0.0528 e. The molecular weight excluding hydrogens is 156 g/mol. The van der Waals surface area contributed by atoms with Crippen molar-refractivity contribution < 1.29 is 0 Å². The van der Waals surface area contributed by atoms with Crippen LogP contribution in [0.4, 0.5) is 0 Å². The maximum Gasteiger partial charge on any atom is -0.0381 e. The monoisotopic (exact) mass is 178 g/mol. The highest BCUT2D eigenvalue weighted by molar-refractivity contribution is 4.88. The van der Waals surface area contributed by atoms with Crippen LogP contribution in [0, 0.1) is 23.7 Å². The summed E-state index contributed by atoms with van der Waals surface area (Å²) in [6, 6.07) is 0. The Morgan fingerprint density at radius 2 is 1.38 bits per heavy atom. The second kappa shape index (κ2) is 3.29. The zero-order valence-electron chi connectivity index (χ0n) is 8.67.